The zero-order valence-electron chi connectivity index (χ0n) is 13.7. The average molecular weight is 328 g/mol. The van der Waals surface area contributed by atoms with Crippen molar-refractivity contribution in [2.45, 2.75) is 38.8 Å². The Hall–Kier alpha value is -2.43. The molecule has 1 saturated heterocycles. The first-order valence-electron chi connectivity index (χ1n) is 8.26. The van der Waals surface area contributed by atoms with Crippen molar-refractivity contribution in [3.05, 3.63) is 69.9 Å². The van der Waals surface area contributed by atoms with Gasteiger partial charge in [0.25, 0.3) is 5.56 Å². The highest BCUT2D eigenvalue weighted by Crippen LogP contribution is 2.31. The Morgan fingerprint density at radius 1 is 1.21 bits per heavy atom. The van der Waals surface area contributed by atoms with E-state index in [2.05, 4.69) is 0 Å². The topological polar surface area (TPSA) is 42.3 Å². The summed E-state index contributed by atoms with van der Waals surface area (Å²) in [5, 5.41) is 0. The highest BCUT2D eigenvalue weighted by Gasteiger charge is 2.28. The van der Waals surface area contributed by atoms with Gasteiger partial charge in [0.15, 0.2) is 0 Å². The molecule has 1 unspecified atom stereocenters. The Bertz CT molecular complexity index is 783. The minimum absolute atomic E-state index is 0.0385. The highest BCUT2D eigenvalue weighted by atomic mass is 19.1. The van der Waals surface area contributed by atoms with Crippen molar-refractivity contribution in [2.75, 3.05) is 6.54 Å². The predicted octanol–water partition coefficient (Wildman–Crippen LogP) is 3.05. The molecule has 1 aromatic carbocycles. The maximum absolute atomic E-state index is 13.2. The molecule has 126 valence electrons. The van der Waals surface area contributed by atoms with Gasteiger partial charge in [0.2, 0.25) is 5.91 Å². The Balaban J connectivity index is 1.80. The van der Waals surface area contributed by atoms with Crippen LogP contribution in [-0.2, 0) is 11.3 Å². The van der Waals surface area contributed by atoms with Crippen LogP contribution in [0.4, 0.5) is 4.39 Å². The number of carbonyl (C=O) groups is 1. The summed E-state index contributed by atoms with van der Waals surface area (Å²) in [6, 6.07) is 9.64. The molecule has 1 amide bonds. The lowest BCUT2D eigenvalue weighted by molar-refractivity contribution is -0.135. The van der Waals surface area contributed by atoms with Gasteiger partial charge in [-0.1, -0.05) is 12.1 Å². The molecule has 1 aliphatic rings. The SMILES string of the molecule is Cc1ccn(CC(=O)N2CCCCC2c2ccc(F)cc2)c(=O)c1. The van der Waals surface area contributed by atoms with Crippen molar-refractivity contribution in [3.63, 3.8) is 0 Å². The maximum atomic E-state index is 13.2. The molecule has 0 aliphatic carbocycles. The third kappa shape index (κ3) is 3.55. The number of benzene rings is 1. The van der Waals surface area contributed by atoms with Crippen LogP contribution < -0.4 is 5.56 Å². The number of hydrogen-bond acceptors (Lipinski definition) is 2. The molecule has 0 saturated carbocycles. The lowest BCUT2D eigenvalue weighted by atomic mass is 9.95. The van der Waals surface area contributed by atoms with Gasteiger partial charge < -0.3 is 9.47 Å². The van der Waals surface area contributed by atoms with E-state index in [0.29, 0.717) is 6.54 Å². The Morgan fingerprint density at radius 3 is 2.67 bits per heavy atom. The molecule has 0 spiro atoms. The normalized spacial score (nSPS) is 17.8. The van der Waals surface area contributed by atoms with Crippen LogP contribution >= 0.6 is 0 Å². The van der Waals surface area contributed by atoms with Crippen molar-refractivity contribution >= 4 is 5.91 Å². The van der Waals surface area contributed by atoms with Crippen LogP contribution in [0.5, 0.6) is 0 Å². The van der Waals surface area contributed by atoms with E-state index in [4.69, 9.17) is 0 Å². The Labute approximate surface area is 140 Å². The zero-order chi connectivity index (χ0) is 17.1. The van der Waals surface area contributed by atoms with Crippen molar-refractivity contribution in [1.29, 1.82) is 0 Å². The average Bonchev–Trinajstić information content (AvgIpc) is 2.58. The third-order valence-corrected chi connectivity index (χ3v) is 4.54. The van der Waals surface area contributed by atoms with Gasteiger partial charge in [0.05, 0.1) is 6.04 Å². The van der Waals surface area contributed by atoms with Crippen LogP contribution in [0, 0.1) is 12.7 Å². The van der Waals surface area contributed by atoms with Gasteiger partial charge >= 0.3 is 0 Å². The number of pyridine rings is 1. The molecule has 0 radical (unpaired) electrons. The molecule has 4 nitrogen and oxygen atoms in total. The fourth-order valence-electron chi connectivity index (χ4n) is 3.24. The van der Waals surface area contributed by atoms with Crippen molar-refractivity contribution in [2.24, 2.45) is 0 Å². The highest BCUT2D eigenvalue weighted by molar-refractivity contribution is 5.76. The van der Waals surface area contributed by atoms with Crippen LogP contribution in [-0.4, -0.2) is 21.9 Å². The van der Waals surface area contributed by atoms with Crippen molar-refractivity contribution < 1.29 is 9.18 Å². The molecular weight excluding hydrogens is 307 g/mol. The van der Waals surface area contributed by atoms with Crippen LogP contribution in [0.3, 0.4) is 0 Å². The van der Waals surface area contributed by atoms with Crippen LogP contribution in [0.1, 0.15) is 36.4 Å². The molecule has 1 atom stereocenters. The van der Waals surface area contributed by atoms with E-state index in [1.807, 2.05) is 17.9 Å². The number of piperidine rings is 1. The maximum Gasteiger partial charge on any atom is 0.251 e. The van der Waals surface area contributed by atoms with Crippen LogP contribution in [0.2, 0.25) is 0 Å². The summed E-state index contributed by atoms with van der Waals surface area (Å²) < 4.78 is 14.6. The summed E-state index contributed by atoms with van der Waals surface area (Å²) in [5.74, 6) is -0.353. The summed E-state index contributed by atoms with van der Waals surface area (Å²) in [6.07, 6.45) is 4.51. The molecule has 24 heavy (non-hydrogen) atoms. The first-order valence-corrected chi connectivity index (χ1v) is 8.26. The second kappa shape index (κ2) is 6.99. The van der Waals surface area contributed by atoms with Crippen molar-refractivity contribution in [1.82, 2.24) is 9.47 Å². The van der Waals surface area contributed by atoms with E-state index in [1.54, 1.807) is 18.3 Å². The van der Waals surface area contributed by atoms with E-state index in [0.717, 1.165) is 30.4 Å². The fourth-order valence-corrected chi connectivity index (χ4v) is 3.24. The summed E-state index contributed by atoms with van der Waals surface area (Å²) >= 11 is 0. The molecule has 1 aliphatic heterocycles. The molecule has 2 aromatic rings. The van der Waals surface area contributed by atoms with E-state index in [1.165, 1.54) is 22.8 Å². The largest absolute Gasteiger partial charge is 0.334 e. The molecule has 5 heteroatoms. The predicted molar refractivity (Wildman–Crippen MR) is 90.1 cm³/mol. The van der Waals surface area contributed by atoms with E-state index in [9.17, 15) is 14.0 Å². The second-order valence-corrected chi connectivity index (χ2v) is 6.32. The summed E-state index contributed by atoms with van der Waals surface area (Å²) in [7, 11) is 0. The fraction of sp³-hybridized carbons (Fsp3) is 0.368. The third-order valence-electron chi connectivity index (χ3n) is 4.54. The van der Waals surface area contributed by atoms with Gasteiger partial charge in [0, 0.05) is 18.8 Å². The monoisotopic (exact) mass is 328 g/mol. The lowest BCUT2D eigenvalue weighted by Gasteiger charge is -2.36. The van der Waals surface area contributed by atoms with E-state index >= 15 is 0 Å². The number of likely N-dealkylation sites (tertiary alicyclic amines) is 1. The number of rotatable bonds is 3. The van der Waals surface area contributed by atoms with Gasteiger partial charge in [-0.2, -0.15) is 0 Å². The minimum atomic E-state index is -0.279. The van der Waals surface area contributed by atoms with E-state index in [-0.39, 0.29) is 29.9 Å². The number of aromatic nitrogens is 1. The molecule has 2 heterocycles. The minimum Gasteiger partial charge on any atom is -0.334 e. The standard InChI is InChI=1S/C19H21FN2O2/c1-14-9-11-21(18(23)12-14)13-19(24)22-10-3-2-4-17(22)15-5-7-16(20)8-6-15/h5-9,11-12,17H,2-4,10,13H2,1H3. The summed E-state index contributed by atoms with van der Waals surface area (Å²) in [6.45, 7) is 2.56. The molecule has 3 rings (SSSR count). The smallest absolute Gasteiger partial charge is 0.251 e. The number of halogens is 1. The van der Waals surface area contributed by atoms with Gasteiger partial charge in [-0.3, -0.25) is 9.59 Å². The number of amides is 1. The second-order valence-electron chi connectivity index (χ2n) is 6.32. The molecule has 1 fully saturated rings. The van der Waals surface area contributed by atoms with Gasteiger partial charge in [-0.25, -0.2) is 4.39 Å². The first kappa shape index (κ1) is 16.4. The van der Waals surface area contributed by atoms with Gasteiger partial charge in [-0.15, -0.1) is 0 Å². The zero-order valence-corrected chi connectivity index (χ0v) is 13.7. The number of nitrogens with zero attached hydrogens (tertiary/aromatic N) is 2. The van der Waals surface area contributed by atoms with Crippen LogP contribution in [0.15, 0.2) is 47.4 Å². The number of aryl methyl sites for hydroxylation is 1. The number of hydrogen-bond donors (Lipinski definition) is 0. The summed E-state index contributed by atoms with van der Waals surface area (Å²) in [4.78, 5) is 26.6. The van der Waals surface area contributed by atoms with Gasteiger partial charge in [-0.05, 0) is 55.5 Å². The van der Waals surface area contributed by atoms with Gasteiger partial charge in [0.1, 0.15) is 12.4 Å². The Kier molecular flexibility index (Phi) is 4.79. The molecule has 0 bridgehead atoms. The molecular formula is C19H21FN2O2. The Morgan fingerprint density at radius 2 is 1.96 bits per heavy atom. The summed E-state index contributed by atoms with van der Waals surface area (Å²) in [5.41, 5.74) is 1.66. The molecule has 0 N–H and O–H groups in total. The van der Waals surface area contributed by atoms with Crippen molar-refractivity contribution in [3.8, 4) is 0 Å². The lowest BCUT2D eigenvalue weighted by Crippen LogP contribution is -2.41. The quantitative estimate of drug-likeness (QED) is 0.869. The first-order chi connectivity index (χ1) is 11.5. The number of carbonyl (C=O) groups excluding carboxylic acids is 1. The molecule has 1 aromatic heterocycles. The van der Waals surface area contributed by atoms with E-state index < -0.39 is 0 Å². The van der Waals surface area contributed by atoms with Crippen LogP contribution in [0.25, 0.3) is 0 Å².